The number of aliphatic hydroxyl groups excluding tert-OH is 1. The Hall–Kier alpha value is -2.70. The smallest absolute Gasteiger partial charge is 0.244 e. The Labute approximate surface area is 214 Å². The van der Waals surface area contributed by atoms with Crippen LogP contribution in [0.3, 0.4) is 0 Å². The van der Waals surface area contributed by atoms with Gasteiger partial charge in [-0.15, -0.1) is 31.7 Å². The predicted octanol–water partition coefficient (Wildman–Crippen LogP) is 2.37. The second-order valence-electron chi connectivity index (χ2n) is 10.2. The molecule has 3 aromatic rings. The van der Waals surface area contributed by atoms with Crippen LogP contribution in [0.25, 0.3) is 0 Å². The molecule has 2 N–H and O–H groups in total. The van der Waals surface area contributed by atoms with Gasteiger partial charge in [0.2, 0.25) is 5.91 Å². The van der Waals surface area contributed by atoms with Crippen LogP contribution < -0.4 is 5.32 Å². The Bertz CT molecular complexity index is 1140. The fourth-order valence-corrected chi connectivity index (χ4v) is 6.87. The molecule has 1 amide bonds. The maximum Gasteiger partial charge on any atom is 0.244 e. The molecule has 3 aromatic heterocycles. The fraction of sp³-hybridized carbons (Fsp3) is 0.667. The topological polar surface area (TPSA) is 127 Å². The Morgan fingerprint density at radius 3 is 2.61 bits per heavy atom. The van der Waals surface area contributed by atoms with Gasteiger partial charge >= 0.3 is 0 Å². The van der Waals surface area contributed by atoms with Crippen LogP contribution in [0.1, 0.15) is 85.4 Å². The van der Waals surface area contributed by atoms with Gasteiger partial charge in [0.15, 0.2) is 6.33 Å². The number of hydrogen-bond acceptors (Lipinski definition) is 9. The molecular formula is C24H35N9O2S. The zero-order valence-electron chi connectivity index (χ0n) is 21.1. The molecular weight excluding hydrogens is 478 g/mol. The number of amides is 1. The maximum atomic E-state index is 12.7. The molecule has 2 fully saturated rings. The first-order valence-electron chi connectivity index (χ1n) is 12.8. The lowest BCUT2D eigenvalue weighted by Gasteiger charge is -2.40. The number of thiophene rings is 1. The number of rotatable bonds is 10. The van der Waals surface area contributed by atoms with Gasteiger partial charge in [-0.3, -0.25) is 9.69 Å². The SMILES string of the molecule is Cc1nnc(C(C)C)n1C1CC2CCC(C1)N2CC[C@H](NC(=O)Cn1ncnn1)c1ccc(CO)s1. The summed E-state index contributed by atoms with van der Waals surface area (Å²) in [5.74, 6) is 2.31. The standard InChI is InChI=1S/C24H35N9O2S/c1-15(2)24-29-28-16(3)33(24)19-10-17-4-5-18(11-19)31(17)9-8-21(22-7-6-20(13-34)36-22)27-23(35)12-32-26-14-25-30-32/h6-7,14-15,17-19,21,34H,4-5,8-13H2,1-3H3,(H,27,35)/t17?,18?,19?,21-/m0/s1. The van der Waals surface area contributed by atoms with E-state index >= 15 is 0 Å². The van der Waals surface area contributed by atoms with E-state index in [-0.39, 0.29) is 25.1 Å². The zero-order valence-corrected chi connectivity index (χ0v) is 21.9. The lowest BCUT2D eigenvalue weighted by atomic mass is 9.95. The Morgan fingerprint density at radius 1 is 1.19 bits per heavy atom. The predicted molar refractivity (Wildman–Crippen MR) is 134 cm³/mol. The van der Waals surface area contributed by atoms with Crippen LogP contribution in [0.2, 0.25) is 0 Å². The van der Waals surface area contributed by atoms with Crippen molar-refractivity contribution in [3.63, 3.8) is 0 Å². The Morgan fingerprint density at radius 2 is 1.97 bits per heavy atom. The van der Waals surface area contributed by atoms with Crippen LogP contribution in [-0.2, 0) is 17.9 Å². The third-order valence-corrected chi connectivity index (χ3v) is 8.69. The zero-order chi connectivity index (χ0) is 25.2. The number of aliphatic hydroxyl groups is 1. The summed E-state index contributed by atoms with van der Waals surface area (Å²) in [5, 5.41) is 33.0. The van der Waals surface area contributed by atoms with Gasteiger partial charge in [0.05, 0.1) is 12.6 Å². The molecule has 2 saturated heterocycles. The summed E-state index contributed by atoms with van der Waals surface area (Å²) >= 11 is 1.55. The average Bonchev–Trinajstić information content (AvgIpc) is 3.64. The number of nitrogens with zero attached hydrogens (tertiary/aromatic N) is 8. The van der Waals surface area contributed by atoms with E-state index in [1.165, 1.54) is 24.0 Å². The van der Waals surface area contributed by atoms with Gasteiger partial charge in [-0.2, -0.15) is 4.80 Å². The molecule has 0 aromatic carbocycles. The van der Waals surface area contributed by atoms with E-state index < -0.39 is 0 Å². The van der Waals surface area contributed by atoms with E-state index in [0.717, 1.165) is 47.2 Å². The number of carbonyl (C=O) groups excluding carboxylic acids is 1. The van der Waals surface area contributed by atoms with Crippen molar-refractivity contribution < 1.29 is 9.90 Å². The van der Waals surface area contributed by atoms with Gasteiger partial charge in [0.25, 0.3) is 0 Å². The maximum absolute atomic E-state index is 12.7. The van der Waals surface area contributed by atoms with E-state index in [1.54, 1.807) is 11.3 Å². The molecule has 36 heavy (non-hydrogen) atoms. The first-order valence-corrected chi connectivity index (χ1v) is 13.6. The summed E-state index contributed by atoms with van der Waals surface area (Å²) in [5.41, 5.74) is 0. The molecule has 12 heteroatoms. The highest BCUT2D eigenvalue weighted by Crippen LogP contribution is 2.42. The second kappa shape index (κ2) is 10.7. The number of tetrazole rings is 1. The van der Waals surface area contributed by atoms with Crippen molar-refractivity contribution in [3.8, 4) is 0 Å². The summed E-state index contributed by atoms with van der Waals surface area (Å²) in [6.07, 6.45) is 6.77. The molecule has 0 aliphatic carbocycles. The lowest BCUT2D eigenvalue weighted by Crippen LogP contribution is -2.45. The van der Waals surface area contributed by atoms with Crippen molar-refractivity contribution in [2.24, 2.45) is 0 Å². The van der Waals surface area contributed by atoms with E-state index in [0.29, 0.717) is 24.0 Å². The van der Waals surface area contributed by atoms with Gasteiger partial charge in [0, 0.05) is 40.3 Å². The minimum atomic E-state index is -0.150. The van der Waals surface area contributed by atoms with Crippen molar-refractivity contribution in [1.82, 2.24) is 45.2 Å². The van der Waals surface area contributed by atoms with Crippen LogP contribution in [0.5, 0.6) is 0 Å². The minimum absolute atomic E-state index is 0.00671. The molecule has 5 rings (SSSR count). The first-order chi connectivity index (χ1) is 17.4. The number of nitrogens with one attached hydrogen (secondary N) is 1. The van der Waals surface area contributed by atoms with E-state index in [1.807, 2.05) is 12.1 Å². The normalized spacial score (nSPS) is 22.9. The van der Waals surface area contributed by atoms with E-state index in [2.05, 4.69) is 61.2 Å². The molecule has 3 atom stereocenters. The van der Waals surface area contributed by atoms with Crippen molar-refractivity contribution in [1.29, 1.82) is 0 Å². The number of aromatic nitrogens is 7. The number of fused-ring (bicyclic) bond motifs is 2. The molecule has 0 radical (unpaired) electrons. The van der Waals surface area contributed by atoms with Gasteiger partial charge in [0.1, 0.15) is 18.2 Å². The lowest BCUT2D eigenvalue weighted by molar-refractivity contribution is -0.122. The number of carbonyl (C=O) groups is 1. The van der Waals surface area contributed by atoms with Gasteiger partial charge < -0.3 is 15.0 Å². The summed E-state index contributed by atoms with van der Waals surface area (Å²) in [7, 11) is 0. The van der Waals surface area contributed by atoms with Crippen molar-refractivity contribution in [2.45, 2.75) is 96.1 Å². The quantitative estimate of drug-likeness (QED) is 0.423. The fourth-order valence-electron chi connectivity index (χ4n) is 5.91. The largest absolute Gasteiger partial charge is 0.391 e. The number of aryl methyl sites for hydroxylation is 1. The summed E-state index contributed by atoms with van der Waals surface area (Å²) in [6.45, 7) is 7.39. The van der Waals surface area contributed by atoms with E-state index in [4.69, 9.17) is 0 Å². The molecule has 2 bridgehead atoms. The molecule has 0 spiro atoms. The molecule has 5 heterocycles. The highest BCUT2D eigenvalue weighted by atomic mass is 32.1. The van der Waals surface area contributed by atoms with Crippen LogP contribution in [-0.4, -0.2) is 69.5 Å². The third kappa shape index (κ3) is 5.21. The molecule has 2 aliphatic heterocycles. The molecule has 11 nitrogen and oxygen atoms in total. The van der Waals surface area contributed by atoms with Crippen molar-refractivity contribution in [3.05, 3.63) is 39.9 Å². The number of hydrogen-bond donors (Lipinski definition) is 2. The van der Waals surface area contributed by atoms with Gasteiger partial charge in [-0.05, 0) is 56.4 Å². The minimum Gasteiger partial charge on any atom is -0.391 e. The number of piperidine rings is 1. The Balaban J connectivity index is 1.26. The highest BCUT2D eigenvalue weighted by Gasteiger charge is 2.42. The van der Waals surface area contributed by atoms with Crippen molar-refractivity contribution >= 4 is 17.2 Å². The monoisotopic (exact) mass is 513 g/mol. The van der Waals surface area contributed by atoms with Gasteiger partial charge in [-0.25, -0.2) is 0 Å². The second-order valence-corrected chi connectivity index (χ2v) is 11.4. The first kappa shape index (κ1) is 25.0. The highest BCUT2D eigenvalue weighted by molar-refractivity contribution is 7.12. The van der Waals surface area contributed by atoms with Crippen LogP contribution in [0, 0.1) is 6.92 Å². The summed E-state index contributed by atoms with van der Waals surface area (Å²) in [6, 6.07) is 5.32. The third-order valence-electron chi connectivity index (χ3n) is 7.50. The molecule has 2 aliphatic rings. The molecule has 2 unspecified atom stereocenters. The van der Waals surface area contributed by atoms with Crippen LogP contribution in [0.4, 0.5) is 0 Å². The van der Waals surface area contributed by atoms with Crippen molar-refractivity contribution in [2.75, 3.05) is 6.54 Å². The average molecular weight is 514 g/mol. The summed E-state index contributed by atoms with van der Waals surface area (Å²) < 4.78 is 2.39. The summed E-state index contributed by atoms with van der Waals surface area (Å²) in [4.78, 5) is 18.6. The van der Waals surface area contributed by atoms with Crippen LogP contribution in [0.15, 0.2) is 18.5 Å². The van der Waals surface area contributed by atoms with Gasteiger partial charge in [-0.1, -0.05) is 13.8 Å². The molecule has 0 saturated carbocycles. The van der Waals surface area contributed by atoms with E-state index in [9.17, 15) is 9.90 Å². The van der Waals surface area contributed by atoms with Crippen LogP contribution >= 0.6 is 11.3 Å². The molecule has 194 valence electrons. The Kier molecular flexibility index (Phi) is 7.44.